The average molecular weight is 1320 g/mol. The van der Waals surface area contributed by atoms with Crippen LogP contribution in [0.2, 0.25) is 54.4 Å². The molecule has 1 aliphatic rings. The molecule has 0 aliphatic carbocycles. The van der Waals surface area contributed by atoms with Crippen LogP contribution in [-0.2, 0) is 53.1 Å². The maximum atomic E-state index is 12.5. The number of aldehydes is 1. The number of carbonyl (C=O) groups excluding carboxylic acids is 1. The normalized spacial score (nSPS) is 21.5. The Balaban J connectivity index is 0.00000106. The molecule has 3 aromatic rings. The fourth-order valence-electron chi connectivity index (χ4n) is 11.0. The van der Waals surface area contributed by atoms with E-state index in [2.05, 4.69) is 248 Å². The van der Waals surface area contributed by atoms with Crippen molar-refractivity contribution in [3.8, 4) is 5.75 Å². The van der Waals surface area contributed by atoms with Crippen LogP contribution in [0.1, 0.15) is 149 Å². The SMILES string of the molecule is CC/C=C/P(c1ccccc1)c1ccccc1.COCO[C@@H]([C@@H](C)/C=C\[C@H](C[C@@H]1O[C@@H](O[Si](C)(C)C(C)(C)C)[C@H](C)[C@@H](O[Si](C)(C)C(C)(C)C)[C@H]1C)OCOC)[C@@H](C)/C=C(/C)C[C@H](C)[C@@H](O[Si](C)(C)C(C)(C)C)[C@H](C)[C@@H](OCc1ccc(OC)cc1)[C@@H](C)C=O. The van der Waals surface area contributed by atoms with E-state index in [0.717, 1.165) is 30.4 Å². The molecule has 0 aromatic heterocycles. The Hall–Kier alpha value is -2.93. The van der Waals surface area contributed by atoms with Crippen LogP contribution in [0, 0.1) is 41.4 Å². The van der Waals surface area contributed by atoms with Crippen LogP contribution >= 0.6 is 7.92 Å². The summed E-state index contributed by atoms with van der Waals surface area (Å²) in [4.78, 5) is 12.5. The molecule has 1 saturated heterocycles. The summed E-state index contributed by atoms with van der Waals surface area (Å²) in [5.41, 5.74) is 2.27. The standard InChI is InChI=1S/C59H110O11Si3.C16H17P/c1-40(34-43(4)54(68-71(21,22)57(9,10)11)46(7)53(44(5)36-60)64-37-48-28-31-49(63-20)32-29-48)33-42(3)52(66-39-62-19)41(2)27-30-50(65-38-61-18)35-51-45(6)55(69-72(23,24)58(12,13)14)47(8)56(67-51)70-73(25,26)59(15,16)17;1-2-3-14-17(15-10-6-4-7-11-15)16-12-8-5-9-13-16/h27-33,36,41-47,50-56H,34-35,37-39H2,1-26H3;3-14H,2H2,1H3/b30-27-,40-33-;14-3+/t41-,42-,43-,44-,45-,46+,47+,50+,51-,52-,53-,54+,55-,56-;/m0./s1. The molecule has 0 unspecified atom stereocenters. The van der Waals surface area contributed by atoms with Gasteiger partial charge in [0.05, 0.1) is 50.3 Å². The van der Waals surface area contributed by atoms with Gasteiger partial charge >= 0.3 is 0 Å². The topological polar surface area (TPSA) is 109 Å². The summed E-state index contributed by atoms with van der Waals surface area (Å²) >= 11 is 0. The molecule has 3 aromatic carbocycles. The molecule has 0 amide bonds. The van der Waals surface area contributed by atoms with Crippen molar-refractivity contribution in [1.82, 2.24) is 0 Å². The molecule has 1 aliphatic heterocycles. The quantitative estimate of drug-likeness (QED) is 0.0187. The van der Waals surface area contributed by atoms with Crippen LogP contribution in [0.5, 0.6) is 5.75 Å². The molecule has 510 valence electrons. The number of ether oxygens (including phenoxy) is 7. The van der Waals surface area contributed by atoms with Crippen LogP contribution in [-0.4, -0.2) is 109 Å². The van der Waals surface area contributed by atoms with Gasteiger partial charge in [0, 0.05) is 56.1 Å². The molecule has 1 heterocycles. The van der Waals surface area contributed by atoms with Gasteiger partial charge in [0.2, 0.25) is 0 Å². The van der Waals surface area contributed by atoms with Crippen molar-refractivity contribution in [2.24, 2.45) is 41.4 Å². The number of hydrogen-bond acceptors (Lipinski definition) is 11. The highest BCUT2D eigenvalue weighted by molar-refractivity contribution is 7.75. The van der Waals surface area contributed by atoms with E-state index in [9.17, 15) is 4.79 Å². The van der Waals surface area contributed by atoms with Gasteiger partial charge in [-0.1, -0.05) is 226 Å². The summed E-state index contributed by atoms with van der Waals surface area (Å²) in [5.74, 6) is 3.07. The summed E-state index contributed by atoms with van der Waals surface area (Å²) in [7, 11) is -1.95. The molecule has 0 spiro atoms. The first-order chi connectivity index (χ1) is 41.9. The summed E-state index contributed by atoms with van der Waals surface area (Å²) in [6, 6.07) is 29.4. The molecule has 0 saturated carbocycles. The molecule has 0 N–H and O–H groups in total. The van der Waals surface area contributed by atoms with Gasteiger partial charge in [-0.2, -0.15) is 0 Å². The van der Waals surface area contributed by atoms with Crippen LogP contribution in [0.4, 0.5) is 0 Å². The van der Waals surface area contributed by atoms with Gasteiger partial charge in [-0.3, -0.25) is 0 Å². The van der Waals surface area contributed by atoms with Crippen molar-refractivity contribution in [1.29, 1.82) is 0 Å². The minimum Gasteiger partial charge on any atom is -0.497 e. The Labute approximate surface area is 554 Å². The average Bonchev–Trinajstić information content (AvgIpc) is 1.91. The number of rotatable bonds is 34. The lowest BCUT2D eigenvalue weighted by Crippen LogP contribution is -2.58. The molecular weight excluding hydrogens is 1190 g/mol. The van der Waals surface area contributed by atoms with Gasteiger partial charge < -0.3 is 51.2 Å². The molecular formula is C75H127O11PSi3. The zero-order chi connectivity index (χ0) is 68.0. The van der Waals surface area contributed by atoms with Crippen molar-refractivity contribution in [3.05, 3.63) is 126 Å². The molecule has 0 radical (unpaired) electrons. The number of hydrogen-bond donors (Lipinski definition) is 0. The van der Waals surface area contributed by atoms with Crippen LogP contribution in [0.15, 0.2) is 121 Å². The largest absolute Gasteiger partial charge is 0.497 e. The zero-order valence-electron chi connectivity index (χ0n) is 61.3. The Morgan fingerprint density at radius 1 is 0.622 bits per heavy atom. The van der Waals surface area contributed by atoms with Gasteiger partial charge in [-0.15, -0.1) is 0 Å². The maximum Gasteiger partial charge on any atom is 0.195 e. The smallest absolute Gasteiger partial charge is 0.195 e. The summed E-state index contributed by atoms with van der Waals surface area (Å²) < 4.78 is 64.9. The monoisotopic (exact) mass is 1320 g/mol. The van der Waals surface area contributed by atoms with Crippen molar-refractivity contribution >= 4 is 49.8 Å². The molecule has 1 fully saturated rings. The Morgan fingerprint density at radius 3 is 1.63 bits per heavy atom. The molecule has 14 atom stereocenters. The van der Waals surface area contributed by atoms with Crippen molar-refractivity contribution in [2.45, 2.75) is 248 Å². The van der Waals surface area contributed by atoms with E-state index in [1.165, 1.54) is 16.2 Å². The van der Waals surface area contributed by atoms with E-state index in [-0.39, 0.29) is 115 Å². The summed E-state index contributed by atoms with van der Waals surface area (Å²) in [5, 5.41) is 2.90. The first-order valence-electron chi connectivity index (χ1n) is 33.4. The predicted octanol–water partition coefficient (Wildman–Crippen LogP) is 19.1. The van der Waals surface area contributed by atoms with Gasteiger partial charge in [0.25, 0.3) is 0 Å². The third-order valence-electron chi connectivity index (χ3n) is 19.6. The van der Waals surface area contributed by atoms with Crippen molar-refractivity contribution in [2.75, 3.05) is 34.9 Å². The lowest BCUT2D eigenvalue weighted by atomic mass is 9.81. The number of allylic oxidation sites excluding steroid dienone is 2. The summed E-state index contributed by atoms with van der Waals surface area (Å²) in [6.07, 6.45) is 10.9. The number of methoxy groups -OCH3 is 3. The van der Waals surface area contributed by atoms with Crippen molar-refractivity contribution < 1.29 is 51.2 Å². The zero-order valence-corrected chi connectivity index (χ0v) is 65.2. The number of carbonyl (C=O) groups is 1. The molecule has 11 nitrogen and oxygen atoms in total. The second-order valence-electron chi connectivity index (χ2n) is 30.3. The number of benzene rings is 3. The lowest BCUT2D eigenvalue weighted by Gasteiger charge is -2.51. The second-order valence-corrected chi connectivity index (χ2v) is 46.7. The van der Waals surface area contributed by atoms with Crippen LogP contribution < -0.4 is 15.3 Å². The highest BCUT2D eigenvalue weighted by atomic mass is 31.1. The third kappa shape index (κ3) is 25.0. The van der Waals surface area contributed by atoms with E-state index >= 15 is 0 Å². The maximum absolute atomic E-state index is 12.5. The van der Waals surface area contributed by atoms with Gasteiger partial charge in [-0.05, 0) is 116 Å². The van der Waals surface area contributed by atoms with Gasteiger partial charge in [0.15, 0.2) is 31.2 Å². The first kappa shape index (κ1) is 81.3. The van der Waals surface area contributed by atoms with Gasteiger partial charge in [0.1, 0.15) is 25.6 Å². The summed E-state index contributed by atoms with van der Waals surface area (Å²) in [6.45, 7) is 54.9. The molecule has 0 bridgehead atoms. The fraction of sp³-hybridized carbons (Fsp3) is 0.667. The van der Waals surface area contributed by atoms with E-state index in [1.54, 1.807) is 21.3 Å². The molecule has 4 rings (SSSR count). The first-order valence-corrected chi connectivity index (χ1v) is 43.6. The third-order valence-corrected chi connectivity index (χ3v) is 35.2. The van der Waals surface area contributed by atoms with E-state index in [0.29, 0.717) is 13.0 Å². The highest BCUT2D eigenvalue weighted by Crippen LogP contribution is 2.46. The van der Waals surface area contributed by atoms with Crippen LogP contribution in [0.25, 0.3) is 0 Å². The Bertz CT molecular complexity index is 2540. The fourth-order valence-corrected chi connectivity index (χ4v) is 17.2. The predicted molar refractivity (Wildman–Crippen MR) is 387 cm³/mol. The second kappa shape index (κ2) is 37.4. The Kier molecular flexibility index (Phi) is 33.8. The Morgan fingerprint density at radius 2 is 1.14 bits per heavy atom. The highest BCUT2D eigenvalue weighted by Gasteiger charge is 2.51. The van der Waals surface area contributed by atoms with E-state index in [1.807, 2.05) is 31.2 Å². The minimum atomic E-state index is -2.26. The van der Waals surface area contributed by atoms with E-state index in [4.69, 9.17) is 46.4 Å². The molecule has 90 heavy (non-hydrogen) atoms. The minimum absolute atomic E-state index is 0.00236. The van der Waals surface area contributed by atoms with Crippen molar-refractivity contribution in [3.63, 3.8) is 0 Å². The van der Waals surface area contributed by atoms with E-state index < -0.39 is 31.2 Å². The lowest BCUT2D eigenvalue weighted by molar-refractivity contribution is -0.237. The molecule has 15 heteroatoms. The van der Waals surface area contributed by atoms with Crippen LogP contribution in [0.3, 0.4) is 0 Å². The van der Waals surface area contributed by atoms with Gasteiger partial charge in [-0.25, -0.2) is 0 Å².